The van der Waals surface area contributed by atoms with Crippen LogP contribution in [0, 0.1) is 27.4 Å². The topological polar surface area (TPSA) is 95.1 Å². The monoisotopic (exact) mass is 273 g/mol. The number of nitriles is 1. The van der Waals surface area contributed by atoms with E-state index in [-0.39, 0.29) is 11.3 Å². The van der Waals surface area contributed by atoms with Gasteiger partial charge in [0.15, 0.2) is 0 Å². The van der Waals surface area contributed by atoms with Gasteiger partial charge in [0.1, 0.15) is 6.07 Å². The van der Waals surface area contributed by atoms with Crippen molar-refractivity contribution in [2.45, 2.75) is 18.9 Å². The second-order valence-corrected chi connectivity index (χ2v) is 5.30. The molecule has 0 amide bonds. The Balaban J connectivity index is 1.90. The van der Waals surface area contributed by atoms with E-state index in [0.717, 1.165) is 32.5 Å². The van der Waals surface area contributed by atoms with E-state index >= 15 is 0 Å². The van der Waals surface area contributed by atoms with E-state index in [9.17, 15) is 10.1 Å². The Hall–Kier alpha value is -2.20. The fraction of sp³-hybridized carbons (Fsp3) is 0.538. The van der Waals surface area contributed by atoms with Crippen LogP contribution in [0.2, 0.25) is 0 Å². The van der Waals surface area contributed by atoms with E-state index < -0.39 is 4.92 Å². The maximum absolute atomic E-state index is 11.2. The molecule has 104 valence electrons. The van der Waals surface area contributed by atoms with Crippen molar-refractivity contribution in [3.8, 4) is 6.07 Å². The summed E-state index contributed by atoms with van der Waals surface area (Å²) < 4.78 is 0. The molecule has 1 aromatic heterocycles. The Morgan fingerprint density at radius 3 is 3.10 bits per heavy atom. The van der Waals surface area contributed by atoms with Gasteiger partial charge in [-0.1, -0.05) is 0 Å². The van der Waals surface area contributed by atoms with Crippen LogP contribution >= 0.6 is 0 Å². The van der Waals surface area contributed by atoms with Crippen molar-refractivity contribution in [3.05, 3.63) is 27.9 Å². The highest BCUT2D eigenvalue weighted by molar-refractivity contribution is 5.60. The standard InChI is InChI=1S/C13H15N5O2/c14-5-9-4-12(18(19)20)13(16-6-9)17-7-10-2-1-3-15-11(10)8-17/h4,6,10-11,15H,1-3,7-8H2. The molecular formula is C13H15N5O2. The zero-order chi connectivity index (χ0) is 14.1. The molecule has 3 heterocycles. The molecule has 2 atom stereocenters. The highest BCUT2D eigenvalue weighted by Gasteiger charge is 2.37. The van der Waals surface area contributed by atoms with Crippen LogP contribution in [0.3, 0.4) is 0 Å². The van der Waals surface area contributed by atoms with E-state index in [1.165, 1.54) is 12.3 Å². The molecule has 20 heavy (non-hydrogen) atoms. The molecule has 7 nitrogen and oxygen atoms in total. The summed E-state index contributed by atoms with van der Waals surface area (Å²) in [6.07, 6.45) is 3.70. The summed E-state index contributed by atoms with van der Waals surface area (Å²) in [5, 5.41) is 23.5. The van der Waals surface area contributed by atoms with Gasteiger partial charge in [0.05, 0.1) is 10.5 Å². The summed E-state index contributed by atoms with van der Waals surface area (Å²) >= 11 is 0. The van der Waals surface area contributed by atoms with Gasteiger partial charge in [0.25, 0.3) is 0 Å². The third-order valence-electron chi connectivity index (χ3n) is 4.07. The molecule has 2 fully saturated rings. The second-order valence-electron chi connectivity index (χ2n) is 5.30. The quantitative estimate of drug-likeness (QED) is 0.639. The third-order valence-corrected chi connectivity index (χ3v) is 4.07. The van der Waals surface area contributed by atoms with Gasteiger partial charge in [-0.05, 0) is 25.3 Å². The smallest absolute Gasteiger partial charge is 0.312 e. The summed E-state index contributed by atoms with van der Waals surface area (Å²) in [6.45, 7) is 2.54. The van der Waals surface area contributed by atoms with Gasteiger partial charge in [0.2, 0.25) is 5.82 Å². The molecule has 0 saturated carbocycles. The van der Waals surface area contributed by atoms with Crippen LogP contribution < -0.4 is 10.2 Å². The van der Waals surface area contributed by atoms with Crippen LogP contribution in [0.4, 0.5) is 11.5 Å². The van der Waals surface area contributed by atoms with Crippen LogP contribution in [0.1, 0.15) is 18.4 Å². The number of nitrogens with one attached hydrogen (secondary N) is 1. The molecule has 3 rings (SSSR count). The molecule has 0 aliphatic carbocycles. The first kappa shape index (κ1) is 12.8. The summed E-state index contributed by atoms with van der Waals surface area (Å²) in [5.41, 5.74) is 0.137. The Bertz CT molecular complexity index is 569. The highest BCUT2D eigenvalue weighted by Crippen LogP contribution is 2.33. The fourth-order valence-electron chi connectivity index (χ4n) is 3.10. The van der Waals surface area contributed by atoms with Crippen molar-refractivity contribution in [1.82, 2.24) is 10.3 Å². The van der Waals surface area contributed by atoms with Crippen molar-refractivity contribution < 1.29 is 4.92 Å². The number of hydrogen-bond donors (Lipinski definition) is 1. The fourth-order valence-corrected chi connectivity index (χ4v) is 3.10. The SMILES string of the molecule is N#Cc1cnc(N2CC3CCCNC3C2)c([N+](=O)[O-])c1. The molecule has 2 aliphatic heterocycles. The van der Waals surface area contributed by atoms with Crippen molar-refractivity contribution >= 4 is 11.5 Å². The minimum absolute atomic E-state index is 0.0808. The number of piperidine rings is 1. The number of aromatic nitrogens is 1. The summed E-state index contributed by atoms with van der Waals surface area (Å²) in [5.74, 6) is 0.908. The van der Waals surface area contributed by atoms with E-state index in [4.69, 9.17) is 5.26 Å². The number of rotatable bonds is 2. The lowest BCUT2D eigenvalue weighted by atomic mass is 9.94. The van der Waals surface area contributed by atoms with Gasteiger partial charge in [-0.15, -0.1) is 0 Å². The predicted molar refractivity (Wildman–Crippen MR) is 72.3 cm³/mol. The third kappa shape index (κ3) is 2.18. The zero-order valence-corrected chi connectivity index (χ0v) is 11.0. The predicted octanol–water partition coefficient (Wildman–Crippen LogP) is 1.05. The van der Waals surface area contributed by atoms with Crippen molar-refractivity contribution in [3.63, 3.8) is 0 Å². The molecule has 7 heteroatoms. The number of nitro groups is 1. The lowest BCUT2D eigenvalue weighted by Crippen LogP contribution is -2.40. The summed E-state index contributed by atoms with van der Waals surface area (Å²) in [6, 6.07) is 3.59. The van der Waals surface area contributed by atoms with Crippen LogP contribution in [-0.2, 0) is 0 Å². The number of hydrogen-bond acceptors (Lipinski definition) is 6. The first-order valence-electron chi connectivity index (χ1n) is 6.72. The number of anilines is 1. The van der Waals surface area contributed by atoms with E-state index in [0.29, 0.717) is 17.8 Å². The minimum atomic E-state index is -0.460. The molecule has 1 N–H and O–H groups in total. The van der Waals surface area contributed by atoms with E-state index in [1.54, 1.807) is 0 Å². The van der Waals surface area contributed by atoms with Crippen molar-refractivity contribution in [2.75, 3.05) is 24.5 Å². The first-order chi connectivity index (χ1) is 9.69. The van der Waals surface area contributed by atoms with Gasteiger partial charge in [-0.3, -0.25) is 10.1 Å². The molecular weight excluding hydrogens is 258 g/mol. The van der Waals surface area contributed by atoms with Crippen LogP contribution in [0.15, 0.2) is 12.3 Å². The lowest BCUT2D eigenvalue weighted by molar-refractivity contribution is -0.384. The van der Waals surface area contributed by atoms with Gasteiger partial charge < -0.3 is 10.2 Å². The molecule has 2 unspecified atom stereocenters. The van der Waals surface area contributed by atoms with Crippen LogP contribution in [-0.4, -0.2) is 35.6 Å². The first-order valence-corrected chi connectivity index (χ1v) is 6.72. The zero-order valence-electron chi connectivity index (χ0n) is 11.0. The van der Waals surface area contributed by atoms with Crippen LogP contribution in [0.25, 0.3) is 0 Å². The number of pyridine rings is 1. The second kappa shape index (κ2) is 5.06. The van der Waals surface area contributed by atoms with Crippen molar-refractivity contribution in [1.29, 1.82) is 5.26 Å². The largest absolute Gasteiger partial charge is 0.349 e. The normalized spacial score (nSPS) is 25.1. The van der Waals surface area contributed by atoms with Gasteiger partial charge >= 0.3 is 5.69 Å². The Morgan fingerprint density at radius 2 is 2.40 bits per heavy atom. The lowest BCUT2D eigenvalue weighted by Gasteiger charge is -2.24. The Labute approximate surface area is 116 Å². The summed E-state index contributed by atoms with van der Waals surface area (Å²) in [4.78, 5) is 16.8. The molecule has 0 bridgehead atoms. The van der Waals surface area contributed by atoms with E-state index in [1.807, 2.05) is 11.0 Å². The maximum Gasteiger partial charge on any atom is 0.312 e. The highest BCUT2D eigenvalue weighted by atomic mass is 16.6. The molecule has 0 spiro atoms. The summed E-state index contributed by atoms with van der Waals surface area (Å²) in [7, 11) is 0. The Kier molecular flexibility index (Phi) is 3.24. The van der Waals surface area contributed by atoms with Gasteiger partial charge in [-0.25, -0.2) is 4.98 Å². The molecule has 2 aliphatic rings. The molecule has 0 aromatic carbocycles. The van der Waals surface area contributed by atoms with Crippen molar-refractivity contribution in [2.24, 2.45) is 5.92 Å². The minimum Gasteiger partial charge on any atom is -0.349 e. The average molecular weight is 273 g/mol. The van der Waals surface area contributed by atoms with Gasteiger partial charge in [0, 0.05) is 31.4 Å². The average Bonchev–Trinajstić information content (AvgIpc) is 2.90. The number of fused-ring (bicyclic) bond motifs is 1. The van der Waals surface area contributed by atoms with E-state index in [2.05, 4.69) is 10.3 Å². The van der Waals surface area contributed by atoms with Gasteiger partial charge in [-0.2, -0.15) is 5.26 Å². The number of nitrogens with zero attached hydrogens (tertiary/aromatic N) is 4. The molecule has 2 saturated heterocycles. The Morgan fingerprint density at radius 1 is 1.55 bits per heavy atom. The molecule has 1 aromatic rings. The molecule has 0 radical (unpaired) electrons. The van der Waals surface area contributed by atoms with Crippen LogP contribution in [0.5, 0.6) is 0 Å². The maximum atomic E-state index is 11.2.